The zero-order valence-corrected chi connectivity index (χ0v) is 17.3. The smallest absolute Gasteiger partial charge is 0.325 e. The molecule has 3 rings (SSSR count). The first kappa shape index (κ1) is 22.8. The Balaban J connectivity index is 0.00000300. The molecule has 1 saturated heterocycles. The predicted molar refractivity (Wildman–Crippen MR) is 112 cm³/mol. The molecule has 0 saturated carbocycles. The number of aliphatic carboxylic acids is 1. The molecule has 0 amide bonds. The normalized spacial score (nSPS) is 16.2. The number of rotatable bonds is 6. The van der Waals surface area contributed by atoms with Crippen molar-refractivity contribution in [3.8, 4) is 23.8 Å². The molecule has 1 aliphatic heterocycles. The molecule has 0 radical (unpaired) electrons. The first-order valence-electron chi connectivity index (χ1n) is 8.86. The minimum Gasteiger partial charge on any atom is -0.480 e. The van der Waals surface area contributed by atoms with E-state index in [0.717, 1.165) is 0 Å². The second kappa shape index (κ2) is 9.31. The van der Waals surface area contributed by atoms with Crippen molar-refractivity contribution >= 4 is 28.2 Å². The molecule has 1 N–H and O–H groups in total. The fourth-order valence-electron chi connectivity index (χ4n) is 3.34. The van der Waals surface area contributed by atoms with Gasteiger partial charge in [0.2, 0.25) is 0 Å². The van der Waals surface area contributed by atoms with Gasteiger partial charge in [-0.25, -0.2) is 8.42 Å². The van der Waals surface area contributed by atoms with Crippen LogP contribution in [0.4, 0.5) is 0 Å². The first-order valence-corrected chi connectivity index (χ1v) is 10.3. The summed E-state index contributed by atoms with van der Waals surface area (Å²) in [5.74, 6) is 2.28. The summed E-state index contributed by atoms with van der Waals surface area (Å²) < 4.78 is 30.2. The van der Waals surface area contributed by atoms with E-state index in [2.05, 4.69) is 5.92 Å². The summed E-state index contributed by atoms with van der Waals surface area (Å²) in [5.41, 5.74) is 0. The number of hydrogen-bond acceptors (Lipinski definition) is 5. The van der Waals surface area contributed by atoms with E-state index in [1.165, 1.54) is 24.3 Å². The van der Waals surface area contributed by atoms with Crippen LogP contribution < -0.4 is 4.74 Å². The Labute approximate surface area is 176 Å². The number of halogens is 1. The Hall–Kier alpha value is -2.53. The Bertz CT molecular complexity index is 976. The van der Waals surface area contributed by atoms with Gasteiger partial charge in [-0.1, -0.05) is 24.1 Å². The SMILES string of the molecule is C#CCN1CCC(C(=O)O)(S(=O)(=O)c2ccc(Oc3ccccc3)cc2)CC1.Cl. The van der Waals surface area contributed by atoms with E-state index in [0.29, 0.717) is 31.1 Å². The molecule has 0 aliphatic carbocycles. The maximum Gasteiger partial charge on any atom is 0.325 e. The van der Waals surface area contributed by atoms with Crippen LogP contribution in [0.3, 0.4) is 0 Å². The number of piperidine rings is 1. The highest BCUT2D eigenvalue weighted by atomic mass is 35.5. The van der Waals surface area contributed by atoms with E-state index in [-0.39, 0.29) is 30.1 Å². The monoisotopic (exact) mass is 435 g/mol. The average molecular weight is 436 g/mol. The molecular weight excluding hydrogens is 414 g/mol. The van der Waals surface area contributed by atoms with Crippen molar-refractivity contribution in [1.82, 2.24) is 4.90 Å². The third-order valence-electron chi connectivity index (χ3n) is 5.00. The number of carboxylic acid groups (broad SMARTS) is 1. The number of terminal acetylenes is 1. The summed E-state index contributed by atoms with van der Waals surface area (Å²) in [5, 5.41) is 9.79. The van der Waals surface area contributed by atoms with Crippen molar-refractivity contribution < 1.29 is 23.1 Å². The van der Waals surface area contributed by atoms with Crippen LogP contribution in [-0.4, -0.2) is 48.8 Å². The van der Waals surface area contributed by atoms with Gasteiger partial charge >= 0.3 is 5.97 Å². The third-order valence-corrected chi connectivity index (χ3v) is 7.50. The summed E-state index contributed by atoms with van der Waals surface area (Å²) >= 11 is 0. The molecule has 8 heteroatoms. The summed E-state index contributed by atoms with van der Waals surface area (Å²) in [7, 11) is -4.08. The molecule has 0 atom stereocenters. The highest BCUT2D eigenvalue weighted by Gasteiger charge is 2.53. The van der Waals surface area contributed by atoms with Crippen LogP contribution in [0.25, 0.3) is 0 Å². The average Bonchev–Trinajstić information content (AvgIpc) is 2.70. The molecule has 1 heterocycles. The summed E-state index contributed by atoms with van der Waals surface area (Å²) in [4.78, 5) is 13.9. The van der Waals surface area contributed by atoms with Crippen LogP contribution in [-0.2, 0) is 14.6 Å². The lowest BCUT2D eigenvalue weighted by Crippen LogP contribution is -2.54. The molecule has 0 bridgehead atoms. The Morgan fingerprint density at radius 3 is 2.14 bits per heavy atom. The lowest BCUT2D eigenvalue weighted by atomic mass is 9.96. The summed E-state index contributed by atoms with van der Waals surface area (Å²) in [6, 6.07) is 14.9. The van der Waals surface area contributed by atoms with Crippen LogP contribution in [0.2, 0.25) is 0 Å². The fourth-order valence-corrected chi connectivity index (χ4v) is 5.23. The standard InChI is InChI=1S/C21H21NO5S.ClH/c1-2-14-22-15-12-21(13-16-22,20(23)24)28(25,26)19-10-8-18(9-11-19)27-17-6-4-3-5-7-17;/h1,3-11H,12-16H2,(H,23,24);1H. The predicted octanol–water partition coefficient (Wildman–Crippen LogP) is 3.23. The van der Waals surface area contributed by atoms with Crippen LogP contribution in [0, 0.1) is 12.3 Å². The molecule has 29 heavy (non-hydrogen) atoms. The van der Waals surface area contributed by atoms with Gasteiger partial charge in [-0.3, -0.25) is 9.69 Å². The molecule has 0 spiro atoms. The second-order valence-corrected chi connectivity index (χ2v) is 8.93. The fraction of sp³-hybridized carbons (Fsp3) is 0.286. The van der Waals surface area contributed by atoms with Crippen LogP contribution in [0.15, 0.2) is 59.5 Å². The highest BCUT2D eigenvalue weighted by molar-refractivity contribution is 7.93. The van der Waals surface area contributed by atoms with Crippen molar-refractivity contribution in [1.29, 1.82) is 0 Å². The van der Waals surface area contributed by atoms with Crippen molar-refractivity contribution in [3.05, 3.63) is 54.6 Å². The lowest BCUT2D eigenvalue weighted by Gasteiger charge is -2.37. The number of nitrogens with zero attached hydrogens (tertiary/aromatic N) is 1. The number of likely N-dealkylation sites (tertiary alicyclic amines) is 1. The molecular formula is C21H22ClNO5S. The quantitative estimate of drug-likeness (QED) is 0.701. The largest absolute Gasteiger partial charge is 0.480 e. The van der Waals surface area contributed by atoms with Gasteiger partial charge in [-0.2, -0.15) is 0 Å². The summed E-state index contributed by atoms with van der Waals surface area (Å²) in [6.45, 7) is 1.02. The van der Waals surface area contributed by atoms with E-state index in [4.69, 9.17) is 11.2 Å². The molecule has 2 aromatic rings. The van der Waals surface area contributed by atoms with E-state index in [9.17, 15) is 18.3 Å². The number of carboxylic acids is 1. The third kappa shape index (κ3) is 4.56. The van der Waals surface area contributed by atoms with Gasteiger partial charge in [-0.05, 0) is 49.2 Å². The van der Waals surface area contributed by atoms with Crippen LogP contribution in [0.5, 0.6) is 11.5 Å². The molecule has 1 aliphatic rings. The maximum atomic E-state index is 13.2. The van der Waals surface area contributed by atoms with E-state index in [1.54, 1.807) is 12.1 Å². The molecule has 0 aromatic heterocycles. The Morgan fingerprint density at radius 1 is 1.07 bits per heavy atom. The number of sulfone groups is 1. The minimum atomic E-state index is -4.08. The van der Waals surface area contributed by atoms with Gasteiger partial charge in [0.05, 0.1) is 11.4 Å². The zero-order valence-electron chi connectivity index (χ0n) is 15.7. The molecule has 6 nitrogen and oxygen atoms in total. The van der Waals surface area contributed by atoms with E-state index >= 15 is 0 Å². The number of ether oxygens (including phenoxy) is 1. The summed E-state index contributed by atoms with van der Waals surface area (Å²) in [6.07, 6.45) is 5.28. The molecule has 154 valence electrons. The molecule has 1 fully saturated rings. The number of carbonyl (C=O) groups is 1. The van der Waals surface area contributed by atoms with Gasteiger partial charge in [0, 0.05) is 13.1 Å². The minimum absolute atomic E-state index is 0. The topological polar surface area (TPSA) is 83.9 Å². The zero-order chi connectivity index (χ0) is 20.2. The first-order chi connectivity index (χ1) is 13.4. The van der Waals surface area contributed by atoms with Gasteiger partial charge in [0.1, 0.15) is 11.5 Å². The van der Waals surface area contributed by atoms with Gasteiger partial charge < -0.3 is 9.84 Å². The maximum absolute atomic E-state index is 13.2. The number of hydrogen-bond donors (Lipinski definition) is 1. The Kier molecular flexibility index (Phi) is 7.31. The molecule has 0 unspecified atom stereocenters. The lowest BCUT2D eigenvalue weighted by molar-refractivity contribution is -0.141. The van der Waals surface area contributed by atoms with E-state index in [1.807, 2.05) is 23.1 Å². The van der Waals surface area contributed by atoms with Gasteiger partial charge in [0.25, 0.3) is 0 Å². The van der Waals surface area contributed by atoms with Crippen molar-refractivity contribution in [3.63, 3.8) is 0 Å². The van der Waals surface area contributed by atoms with E-state index < -0.39 is 20.6 Å². The second-order valence-electron chi connectivity index (χ2n) is 6.67. The highest BCUT2D eigenvalue weighted by Crippen LogP contribution is 2.36. The van der Waals surface area contributed by atoms with Crippen molar-refractivity contribution in [2.45, 2.75) is 22.5 Å². The number of para-hydroxylation sites is 1. The van der Waals surface area contributed by atoms with Crippen LogP contribution in [0.1, 0.15) is 12.8 Å². The van der Waals surface area contributed by atoms with Gasteiger partial charge in [-0.15, -0.1) is 18.8 Å². The molecule has 2 aromatic carbocycles. The van der Waals surface area contributed by atoms with Crippen molar-refractivity contribution in [2.24, 2.45) is 0 Å². The van der Waals surface area contributed by atoms with Crippen LogP contribution >= 0.6 is 12.4 Å². The van der Waals surface area contributed by atoms with Crippen molar-refractivity contribution in [2.75, 3.05) is 19.6 Å². The van der Waals surface area contributed by atoms with Gasteiger partial charge in [0.15, 0.2) is 14.6 Å². The number of benzene rings is 2. The Morgan fingerprint density at radius 2 is 1.62 bits per heavy atom.